The van der Waals surface area contributed by atoms with E-state index in [2.05, 4.69) is 41.1 Å². The van der Waals surface area contributed by atoms with Crippen LogP contribution in [-0.2, 0) is 17.8 Å². The highest BCUT2D eigenvalue weighted by Crippen LogP contribution is 2.26. The third-order valence-corrected chi connectivity index (χ3v) is 5.74. The number of anilines is 1. The van der Waals surface area contributed by atoms with Gasteiger partial charge in [0, 0.05) is 37.0 Å². The Bertz CT molecular complexity index is 1060. The molecule has 0 radical (unpaired) electrons. The Kier molecular flexibility index (Phi) is 4.93. The molecule has 3 aromatic rings. The van der Waals surface area contributed by atoms with Gasteiger partial charge in [-0.1, -0.05) is 42.0 Å². The zero-order valence-electron chi connectivity index (χ0n) is 17.0. The average molecular weight is 400 g/mol. The fourth-order valence-corrected chi connectivity index (χ4v) is 3.94. The second kappa shape index (κ2) is 7.88. The van der Waals surface area contributed by atoms with Gasteiger partial charge in [0.1, 0.15) is 0 Å². The first-order chi connectivity index (χ1) is 14.7. The predicted octanol–water partition coefficient (Wildman–Crippen LogP) is 3.44. The molecule has 0 saturated carbocycles. The molecule has 1 amide bonds. The predicted molar refractivity (Wildman–Crippen MR) is 115 cm³/mol. The van der Waals surface area contributed by atoms with E-state index < -0.39 is 0 Å². The molecule has 0 atom stereocenters. The number of amides is 1. The number of hydrogen-bond donors (Lipinski definition) is 0. The number of hydrogen-bond acceptors (Lipinski definition) is 5. The highest BCUT2D eigenvalue weighted by atomic mass is 16.5. The maximum Gasteiger partial charge on any atom is 0.254 e. The molecule has 0 unspecified atom stereocenters. The number of carbonyl (C=O) groups is 1. The smallest absolute Gasteiger partial charge is 0.254 e. The number of aromatic nitrogens is 2. The van der Waals surface area contributed by atoms with Gasteiger partial charge >= 0.3 is 0 Å². The molecule has 1 fully saturated rings. The number of nitrogens with zero attached hydrogens (tertiary/aromatic N) is 4. The fraction of sp³-hybridized carbons (Fsp3) is 0.292. The second-order valence-electron chi connectivity index (χ2n) is 7.85. The molecule has 0 aliphatic carbocycles. The Hall–Kier alpha value is -3.25. The van der Waals surface area contributed by atoms with Crippen molar-refractivity contribution in [2.24, 2.45) is 0 Å². The Morgan fingerprint density at radius 2 is 1.60 bits per heavy atom. The van der Waals surface area contributed by atoms with Crippen molar-refractivity contribution in [2.45, 2.75) is 20.0 Å². The van der Waals surface area contributed by atoms with E-state index in [9.17, 15) is 4.79 Å². The first-order valence-corrected chi connectivity index (χ1v) is 10.3. The molecule has 1 aromatic heterocycles. The highest BCUT2D eigenvalue weighted by Gasteiger charge is 2.27. The molecule has 5 rings (SSSR count). The fourth-order valence-electron chi connectivity index (χ4n) is 3.94. The molecule has 152 valence electrons. The zero-order valence-corrected chi connectivity index (χ0v) is 17.0. The highest BCUT2D eigenvalue weighted by molar-refractivity contribution is 5.95. The van der Waals surface area contributed by atoms with Gasteiger partial charge in [-0.3, -0.25) is 4.79 Å². The molecule has 1 saturated heterocycles. The normalized spacial score (nSPS) is 15.9. The number of aryl methyl sites for hydroxylation is 1. The van der Waals surface area contributed by atoms with Crippen LogP contribution in [-0.4, -0.2) is 47.1 Å². The van der Waals surface area contributed by atoms with Gasteiger partial charge in [0.25, 0.3) is 5.91 Å². The van der Waals surface area contributed by atoms with Crippen LogP contribution in [0.25, 0.3) is 11.1 Å². The van der Waals surface area contributed by atoms with Crippen molar-refractivity contribution in [1.29, 1.82) is 0 Å². The van der Waals surface area contributed by atoms with Crippen molar-refractivity contribution >= 4 is 11.9 Å². The van der Waals surface area contributed by atoms with E-state index in [4.69, 9.17) is 9.72 Å². The summed E-state index contributed by atoms with van der Waals surface area (Å²) in [6.07, 6.45) is 1.86. The van der Waals surface area contributed by atoms with Crippen molar-refractivity contribution in [2.75, 3.05) is 31.2 Å². The van der Waals surface area contributed by atoms with E-state index in [1.165, 1.54) is 5.56 Å². The number of morpholine rings is 1. The lowest BCUT2D eigenvalue weighted by Gasteiger charge is -2.26. The van der Waals surface area contributed by atoms with Crippen LogP contribution >= 0.6 is 0 Å². The van der Waals surface area contributed by atoms with Crippen molar-refractivity contribution in [3.63, 3.8) is 0 Å². The molecule has 0 spiro atoms. The molecule has 30 heavy (non-hydrogen) atoms. The first-order valence-electron chi connectivity index (χ1n) is 10.3. The molecule has 0 bridgehead atoms. The van der Waals surface area contributed by atoms with E-state index in [-0.39, 0.29) is 5.91 Å². The van der Waals surface area contributed by atoms with Crippen LogP contribution in [0.2, 0.25) is 0 Å². The van der Waals surface area contributed by atoms with Gasteiger partial charge in [0.05, 0.1) is 25.5 Å². The third kappa shape index (κ3) is 3.66. The molecule has 6 heteroatoms. The molecular weight excluding hydrogens is 376 g/mol. The molecule has 6 nitrogen and oxygen atoms in total. The Labute approximate surface area is 176 Å². The largest absolute Gasteiger partial charge is 0.378 e. The average Bonchev–Trinajstić information content (AvgIpc) is 3.23. The quantitative estimate of drug-likeness (QED) is 0.674. The monoisotopic (exact) mass is 400 g/mol. The lowest BCUT2D eigenvalue weighted by molar-refractivity contribution is 0.0750. The molecule has 2 aromatic carbocycles. The lowest BCUT2D eigenvalue weighted by Crippen LogP contribution is -2.37. The summed E-state index contributed by atoms with van der Waals surface area (Å²) in [6.45, 7) is 6.15. The lowest BCUT2D eigenvalue weighted by atomic mass is 10.0. The maximum absolute atomic E-state index is 13.0. The van der Waals surface area contributed by atoms with Crippen molar-refractivity contribution in [1.82, 2.24) is 14.9 Å². The summed E-state index contributed by atoms with van der Waals surface area (Å²) in [4.78, 5) is 26.3. The molecule has 2 aliphatic rings. The minimum Gasteiger partial charge on any atom is -0.378 e. The first kappa shape index (κ1) is 18.8. The SMILES string of the molecule is Cc1ccc(-c2ccc(C(=O)N3Cc4cnc(N5CCOCC5)nc4C3)cc2)cc1. The number of carbonyl (C=O) groups excluding carboxylic acids is 1. The van der Waals surface area contributed by atoms with E-state index in [0.29, 0.717) is 31.9 Å². The molecule has 0 N–H and O–H groups in total. The van der Waals surface area contributed by atoms with Crippen LogP contribution in [0.1, 0.15) is 27.2 Å². The molecule has 2 aliphatic heterocycles. The van der Waals surface area contributed by atoms with Crippen molar-refractivity contribution in [3.05, 3.63) is 77.1 Å². The topological polar surface area (TPSA) is 58.6 Å². The minimum absolute atomic E-state index is 0.0244. The van der Waals surface area contributed by atoms with E-state index >= 15 is 0 Å². The van der Waals surface area contributed by atoms with Gasteiger partial charge in [0.2, 0.25) is 5.95 Å². The van der Waals surface area contributed by atoms with Crippen molar-refractivity contribution < 1.29 is 9.53 Å². The molecular formula is C24H24N4O2. The van der Waals surface area contributed by atoms with Crippen molar-refractivity contribution in [3.8, 4) is 11.1 Å². The Morgan fingerprint density at radius 3 is 2.30 bits per heavy atom. The van der Waals surface area contributed by atoms with Crippen LogP contribution in [0.3, 0.4) is 0 Å². The summed E-state index contributed by atoms with van der Waals surface area (Å²) in [7, 11) is 0. The third-order valence-electron chi connectivity index (χ3n) is 5.74. The maximum atomic E-state index is 13.0. The summed E-state index contributed by atoms with van der Waals surface area (Å²) in [5, 5.41) is 0. The number of benzene rings is 2. The summed E-state index contributed by atoms with van der Waals surface area (Å²) < 4.78 is 5.40. The number of ether oxygens (including phenoxy) is 1. The van der Waals surface area contributed by atoms with E-state index in [1.807, 2.05) is 35.4 Å². The van der Waals surface area contributed by atoms with E-state index in [1.54, 1.807) is 0 Å². The summed E-state index contributed by atoms with van der Waals surface area (Å²) >= 11 is 0. The minimum atomic E-state index is 0.0244. The van der Waals surface area contributed by atoms with Crippen LogP contribution in [0, 0.1) is 6.92 Å². The Balaban J connectivity index is 1.29. The van der Waals surface area contributed by atoms with Gasteiger partial charge in [0.15, 0.2) is 0 Å². The Morgan fingerprint density at radius 1 is 0.933 bits per heavy atom. The summed E-state index contributed by atoms with van der Waals surface area (Å²) in [5.74, 6) is 0.755. The van der Waals surface area contributed by atoms with Crippen LogP contribution in [0.15, 0.2) is 54.7 Å². The van der Waals surface area contributed by atoms with E-state index in [0.717, 1.165) is 41.4 Å². The van der Waals surface area contributed by atoms with Crippen LogP contribution in [0.5, 0.6) is 0 Å². The standard InChI is InChI=1S/C24H24N4O2/c1-17-2-4-18(5-3-17)19-6-8-20(9-7-19)23(29)28-15-21-14-25-24(26-22(21)16-28)27-10-12-30-13-11-27/h2-9,14H,10-13,15-16H2,1H3. The van der Waals surface area contributed by atoms with Gasteiger partial charge in [-0.25, -0.2) is 9.97 Å². The van der Waals surface area contributed by atoms with Gasteiger partial charge in [-0.05, 0) is 30.2 Å². The zero-order chi connectivity index (χ0) is 20.5. The second-order valence-corrected chi connectivity index (χ2v) is 7.85. The van der Waals surface area contributed by atoms with Gasteiger partial charge in [-0.2, -0.15) is 0 Å². The molecule has 3 heterocycles. The van der Waals surface area contributed by atoms with Crippen LogP contribution < -0.4 is 4.90 Å². The van der Waals surface area contributed by atoms with Gasteiger partial charge in [-0.15, -0.1) is 0 Å². The number of rotatable bonds is 3. The van der Waals surface area contributed by atoms with Crippen LogP contribution in [0.4, 0.5) is 5.95 Å². The summed E-state index contributed by atoms with van der Waals surface area (Å²) in [6, 6.07) is 16.2. The summed E-state index contributed by atoms with van der Waals surface area (Å²) in [5.41, 5.74) is 6.16. The number of fused-ring (bicyclic) bond motifs is 1. The van der Waals surface area contributed by atoms with Gasteiger partial charge < -0.3 is 14.5 Å².